The van der Waals surface area contributed by atoms with E-state index in [-0.39, 0.29) is 5.82 Å². The van der Waals surface area contributed by atoms with Crippen LogP contribution in [0.15, 0.2) is 42.7 Å². The Labute approximate surface area is 112 Å². The summed E-state index contributed by atoms with van der Waals surface area (Å²) in [4.78, 5) is 6.71. The van der Waals surface area contributed by atoms with Crippen molar-refractivity contribution in [1.29, 1.82) is 0 Å². The first-order valence-corrected chi connectivity index (χ1v) is 6.65. The average Bonchev–Trinajstić information content (AvgIpc) is 2.86. The molecular weight excluding hydrogens is 239 g/mol. The Bertz CT molecular complexity index is 565. The molecule has 0 radical (unpaired) electrons. The van der Waals surface area contributed by atoms with Crippen LogP contribution in [0.5, 0.6) is 0 Å². The lowest BCUT2D eigenvalue weighted by molar-refractivity contribution is 0.317. The standard InChI is InChI=1S/C16H17FN2/c1-19-8-2-3-16(19)14-9-13(10-18-11-14)12-4-6-15(17)7-5-12/h4-7,9-11,16H,2-3,8H2,1H3. The van der Waals surface area contributed by atoms with Gasteiger partial charge in [-0.1, -0.05) is 12.1 Å². The maximum atomic E-state index is 13.0. The Hall–Kier alpha value is -1.74. The lowest BCUT2D eigenvalue weighted by atomic mass is 10.0. The molecule has 0 amide bonds. The molecule has 19 heavy (non-hydrogen) atoms. The topological polar surface area (TPSA) is 16.1 Å². The van der Waals surface area contributed by atoms with Crippen molar-refractivity contribution in [1.82, 2.24) is 9.88 Å². The van der Waals surface area contributed by atoms with Gasteiger partial charge in [0.2, 0.25) is 0 Å². The third-order valence-corrected chi connectivity index (χ3v) is 3.84. The van der Waals surface area contributed by atoms with Crippen LogP contribution in [0.1, 0.15) is 24.4 Å². The first kappa shape index (κ1) is 12.3. The molecule has 3 rings (SSSR count). The van der Waals surface area contributed by atoms with Crippen LogP contribution >= 0.6 is 0 Å². The van der Waals surface area contributed by atoms with Crippen molar-refractivity contribution in [3.05, 3.63) is 54.1 Å². The Kier molecular flexibility index (Phi) is 3.30. The quantitative estimate of drug-likeness (QED) is 0.815. The van der Waals surface area contributed by atoms with Crippen LogP contribution < -0.4 is 0 Å². The highest BCUT2D eigenvalue weighted by Crippen LogP contribution is 2.31. The minimum atomic E-state index is -0.205. The second kappa shape index (κ2) is 5.10. The third kappa shape index (κ3) is 2.51. The maximum absolute atomic E-state index is 13.0. The van der Waals surface area contributed by atoms with E-state index in [0.717, 1.165) is 17.7 Å². The molecule has 0 spiro atoms. The monoisotopic (exact) mass is 256 g/mol. The van der Waals surface area contributed by atoms with E-state index in [0.29, 0.717) is 6.04 Å². The molecular formula is C16H17FN2. The first-order valence-electron chi connectivity index (χ1n) is 6.65. The number of benzene rings is 1. The minimum Gasteiger partial charge on any atom is -0.299 e. The summed E-state index contributed by atoms with van der Waals surface area (Å²) >= 11 is 0. The van der Waals surface area contributed by atoms with E-state index in [1.54, 1.807) is 12.1 Å². The molecule has 1 aromatic heterocycles. The number of nitrogens with zero attached hydrogens (tertiary/aromatic N) is 2. The van der Waals surface area contributed by atoms with Crippen LogP contribution in [0.25, 0.3) is 11.1 Å². The molecule has 3 heteroatoms. The van der Waals surface area contributed by atoms with Crippen molar-refractivity contribution in [2.75, 3.05) is 13.6 Å². The maximum Gasteiger partial charge on any atom is 0.123 e. The molecule has 0 aliphatic carbocycles. The molecule has 1 atom stereocenters. The Morgan fingerprint density at radius 3 is 2.63 bits per heavy atom. The van der Waals surface area contributed by atoms with Crippen LogP contribution in [-0.4, -0.2) is 23.5 Å². The molecule has 1 aliphatic heterocycles. The fourth-order valence-corrected chi connectivity index (χ4v) is 2.77. The first-order chi connectivity index (χ1) is 9.24. The molecule has 2 heterocycles. The van der Waals surface area contributed by atoms with Crippen molar-refractivity contribution in [3.63, 3.8) is 0 Å². The zero-order valence-electron chi connectivity index (χ0n) is 11.0. The van der Waals surface area contributed by atoms with E-state index >= 15 is 0 Å². The highest BCUT2D eigenvalue weighted by molar-refractivity contribution is 5.63. The summed E-state index contributed by atoms with van der Waals surface area (Å²) in [6.07, 6.45) is 6.21. The van der Waals surface area contributed by atoms with Gasteiger partial charge >= 0.3 is 0 Å². The van der Waals surface area contributed by atoms with E-state index in [1.807, 2.05) is 12.4 Å². The van der Waals surface area contributed by atoms with Gasteiger partial charge in [-0.05, 0) is 55.8 Å². The van der Waals surface area contributed by atoms with Gasteiger partial charge < -0.3 is 0 Å². The summed E-state index contributed by atoms with van der Waals surface area (Å²) < 4.78 is 13.0. The van der Waals surface area contributed by atoms with E-state index < -0.39 is 0 Å². The minimum absolute atomic E-state index is 0.205. The van der Waals surface area contributed by atoms with Crippen molar-refractivity contribution in [2.45, 2.75) is 18.9 Å². The summed E-state index contributed by atoms with van der Waals surface area (Å²) in [6.45, 7) is 1.14. The van der Waals surface area contributed by atoms with Gasteiger partial charge in [0.25, 0.3) is 0 Å². The predicted molar refractivity (Wildman–Crippen MR) is 74.2 cm³/mol. The van der Waals surface area contributed by atoms with Crippen LogP contribution in [0.2, 0.25) is 0 Å². The van der Waals surface area contributed by atoms with Gasteiger partial charge in [0.1, 0.15) is 5.82 Å². The average molecular weight is 256 g/mol. The van der Waals surface area contributed by atoms with Gasteiger partial charge in [0, 0.05) is 24.0 Å². The van der Waals surface area contributed by atoms with E-state index in [1.165, 1.54) is 30.5 Å². The van der Waals surface area contributed by atoms with Gasteiger partial charge in [-0.3, -0.25) is 9.88 Å². The zero-order valence-corrected chi connectivity index (χ0v) is 11.0. The molecule has 1 aliphatic rings. The fraction of sp³-hybridized carbons (Fsp3) is 0.312. The zero-order chi connectivity index (χ0) is 13.2. The molecule has 1 fully saturated rings. The highest BCUT2D eigenvalue weighted by Gasteiger charge is 2.22. The number of rotatable bonds is 2. The summed E-state index contributed by atoms with van der Waals surface area (Å²) in [7, 11) is 2.15. The normalized spacial score (nSPS) is 19.8. The van der Waals surface area contributed by atoms with E-state index in [4.69, 9.17) is 0 Å². The smallest absolute Gasteiger partial charge is 0.123 e. The molecule has 0 bridgehead atoms. The molecule has 2 aromatic rings. The summed E-state index contributed by atoms with van der Waals surface area (Å²) in [5.41, 5.74) is 3.32. The van der Waals surface area contributed by atoms with Gasteiger partial charge in [0.15, 0.2) is 0 Å². The van der Waals surface area contributed by atoms with Crippen molar-refractivity contribution in [3.8, 4) is 11.1 Å². The number of pyridine rings is 1. The van der Waals surface area contributed by atoms with Crippen molar-refractivity contribution < 1.29 is 4.39 Å². The lowest BCUT2D eigenvalue weighted by Crippen LogP contribution is -2.17. The molecule has 0 N–H and O–H groups in total. The van der Waals surface area contributed by atoms with Crippen molar-refractivity contribution >= 4 is 0 Å². The van der Waals surface area contributed by atoms with Crippen molar-refractivity contribution in [2.24, 2.45) is 0 Å². The Morgan fingerprint density at radius 2 is 1.95 bits per heavy atom. The summed E-state index contributed by atoms with van der Waals surface area (Å²) in [5.74, 6) is -0.205. The van der Waals surface area contributed by atoms with E-state index in [9.17, 15) is 4.39 Å². The van der Waals surface area contributed by atoms with Crippen LogP contribution in [0.3, 0.4) is 0 Å². The van der Waals surface area contributed by atoms with Gasteiger partial charge in [0.05, 0.1) is 0 Å². The van der Waals surface area contributed by atoms with Gasteiger partial charge in [-0.2, -0.15) is 0 Å². The van der Waals surface area contributed by atoms with E-state index in [2.05, 4.69) is 23.0 Å². The molecule has 2 nitrogen and oxygen atoms in total. The van der Waals surface area contributed by atoms with Gasteiger partial charge in [-0.25, -0.2) is 4.39 Å². The third-order valence-electron chi connectivity index (χ3n) is 3.84. The molecule has 98 valence electrons. The predicted octanol–water partition coefficient (Wildman–Crippen LogP) is 3.65. The fourth-order valence-electron chi connectivity index (χ4n) is 2.77. The Morgan fingerprint density at radius 1 is 1.16 bits per heavy atom. The molecule has 1 aromatic carbocycles. The lowest BCUT2D eigenvalue weighted by Gasteiger charge is -2.19. The second-order valence-electron chi connectivity index (χ2n) is 5.15. The largest absolute Gasteiger partial charge is 0.299 e. The number of hydrogen-bond donors (Lipinski definition) is 0. The highest BCUT2D eigenvalue weighted by atomic mass is 19.1. The number of likely N-dealkylation sites (tertiary alicyclic amines) is 1. The van der Waals surface area contributed by atoms with Crippen LogP contribution in [0, 0.1) is 5.82 Å². The number of halogens is 1. The van der Waals surface area contributed by atoms with Crippen LogP contribution in [-0.2, 0) is 0 Å². The van der Waals surface area contributed by atoms with Gasteiger partial charge in [-0.15, -0.1) is 0 Å². The number of hydrogen-bond acceptors (Lipinski definition) is 2. The van der Waals surface area contributed by atoms with Crippen LogP contribution in [0.4, 0.5) is 4.39 Å². The second-order valence-corrected chi connectivity index (χ2v) is 5.15. The number of aromatic nitrogens is 1. The summed E-state index contributed by atoms with van der Waals surface area (Å²) in [6, 6.07) is 9.22. The SMILES string of the molecule is CN1CCCC1c1cncc(-c2ccc(F)cc2)c1. The molecule has 0 saturated carbocycles. The molecule has 1 saturated heterocycles. The molecule has 1 unspecified atom stereocenters. The Balaban J connectivity index is 1.93. The summed E-state index contributed by atoms with van der Waals surface area (Å²) in [5, 5.41) is 0.